The van der Waals surface area contributed by atoms with Crippen molar-refractivity contribution < 1.29 is 27.3 Å². The number of hydrogen-bond acceptors (Lipinski definition) is 7. The first-order valence-electron chi connectivity index (χ1n) is 10.8. The number of aryl methyl sites for hydroxylation is 2. The maximum atomic E-state index is 13.4. The number of sulfone groups is 1. The highest BCUT2D eigenvalue weighted by Gasteiger charge is 2.54. The number of ketones is 1. The lowest BCUT2D eigenvalue weighted by Crippen LogP contribution is -2.45. The molecular formula is C24H26N2O6S. The topological polar surface area (TPSA) is 108 Å². The molecule has 0 radical (unpaired) electrons. The van der Waals surface area contributed by atoms with Gasteiger partial charge >= 0.3 is 5.97 Å². The van der Waals surface area contributed by atoms with E-state index in [0.29, 0.717) is 35.7 Å². The lowest BCUT2D eigenvalue weighted by molar-refractivity contribution is -0.145. The summed E-state index contributed by atoms with van der Waals surface area (Å²) in [4.78, 5) is 26.1. The maximum Gasteiger partial charge on any atom is 0.328 e. The average Bonchev–Trinajstić information content (AvgIpc) is 3.52. The van der Waals surface area contributed by atoms with Crippen molar-refractivity contribution >= 4 is 21.6 Å². The first-order valence-corrected chi connectivity index (χ1v) is 12.3. The van der Waals surface area contributed by atoms with E-state index in [1.165, 1.54) is 12.1 Å². The number of rotatable bonds is 7. The molecule has 0 saturated heterocycles. The van der Waals surface area contributed by atoms with Crippen molar-refractivity contribution in [3.63, 3.8) is 0 Å². The van der Waals surface area contributed by atoms with Crippen molar-refractivity contribution in [2.24, 2.45) is 0 Å². The van der Waals surface area contributed by atoms with Gasteiger partial charge in [0, 0.05) is 23.0 Å². The van der Waals surface area contributed by atoms with Crippen molar-refractivity contribution in [3.05, 3.63) is 65.2 Å². The molecule has 174 valence electrons. The number of hydrogen-bond donors (Lipinski definition) is 0. The van der Waals surface area contributed by atoms with Gasteiger partial charge in [-0.05, 0) is 51.8 Å². The molecule has 0 N–H and O–H groups in total. The Hall–Kier alpha value is -3.20. The maximum absolute atomic E-state index is 13.4. The molecule has 1 aliphatic rings. The van der Waals surface area contributed by atoms with Crippen LogP contribution in [0.3, 0.4) is 0 Å². The number of benzene rings is 1. The van der Waals surface area contributed by atoms with Crippen molar-refractivity contribution in [2.75, 3.05) is 6.61 Å². The van der Waals surface area contributed by atoms with Gasteiger partial charge in [-0.15, -0.1) is 0 Å². The van der Waals surface area contributed by atoms with E-state index in [4.69, 9.17) is 9.26 Å². The Bertz CT molecular complexity index is 1300. The molecule has 1 aliphatic carbocycles. The zero-order valence-corrected chi connectivity index (χ0v) is 19.6. The summed E-state index contributed by atoms with van der Waals surface area (Å²) >= 11 is 0. The summed E-state index contributed by atoms with van der Waals surface area (Å²) in [6.45, 7) is 4.84. The average molecular weight is 471 g/mol. The fraction of sp³-hybridized carbons (Fsp3) is 0.375. The second-order valence-corrected chi connectivity index (χ2v) is 10.7. The number of aromatic nitrogens is 2. The number of carbonyl (C=O) groups excluding carboxylic acids is 2. The Balaban J connectivity index is 1.55. The van der Waals surface area contributed by atoms with E-state index in [2.05, 4.69) is 5.16 Å². The van der Waals surface area contributed by atoms with E-state index in [-0.39, 0.29) is 17.7 Å². The molecule has 0 amide bonds. The summed E-state index contributed by atoms with van der Waals surface area (Å²) in [5, 5.41) is 4.00. The van der Waals surface area contributed by atoms with E-state index in [1.807, 2.05) is 6.92 Å². The third kappa shape index (κ3) is 3.90. The highest BCUT2D eigenvalue weighted by atomic mass is 32.2. The minimum absolute atomic E-state index is 0.0848. The zero-order chi connectivity index (χ0) is 23.8. The summed E-state index contributed by atoms with van der Waals surface area (Å²) < 4.78 is 37.3. The Morgan fingerprint density at radius 3 is 2.36 bits per heavy atom. The van der Waals surface area contributed by atoms with Crippen LogP contribution < -0.4 is 0 Å². The second kappa shape index (κ2) is 8.62. The van der Waals surface area contributed by atoms with Gasteiger partial charge in [0.25, 0.3) is 0 Å². The third-order valence-electron chi connectivity index (χ3n) is 6.26. The molecule has 0 spiro atoms. The molecule has 3 aromatic rings. The highest BCUT2D eigenvalue weighted by Crippen LogP contribution is 2.41. The molecular weight excluding hydrogens is 444 g/mol. The standard InChI is InChI=1S/C24H26N2O6S/c1-16-13-20(18(3)26(16)22-14-17(2)32-25-22)21(27)15-31-23(28)24(11-7-8-12-24)33(29,30)19-9-5-4-6-10-19/h4-6,9-10,13-14H,7-8,11-12,15H2,1-3H3. The summed E-state index contributed by atoms with van der Waals surface area (Å²) in [5.41, 5.74) is 1.79. The molecule has 33 heavy (non-hydrogen) atoms. The Morgan fingerprint density at radius 1 is 1.09 bits per heavy atom. The van der Waals surface area contributed by atoms with Crippen LogP contribution in [0.1, 0.15) is 53.2 Å². The van der Waals surface area contributed by atoms with Crippen LogP contribution in [-0.4, -0.2) is 41.2 Å². The fourth-order valence-electron chi connectivity index (χ4n) is 4.55. The van der Waals surface area contributed by atoms with Crippen LogP contribution in [0.4, 0.5) is 0 Å². The van der Waals surface area contributed by atoms with Crippen LogP contribution in [0.2, 0.25) is 0 Å². The summed E-state index contributed by atoms with van der Waals surface area (Å²) in [7, 11) is -3.97. The van der Waals surface area contributed by atoms with Crippen LogP contribution in [0, 0.1) is 20.8 Å². The largest absolute Gasteiger partial charge is 0.456 e. The molecule has 0 atom stereocenters. The lowest BCUT2D eigenvalue weighted by Gasteiger charge is -2.26. The van der Waals surface area contributed by atoms with Gasteiger partial charge < -0.3 is 9.26 Å². The molecule has 0 bridgehead atoms. The predicted octanol–water partition coefficient (Wildman–Crippen LogP) is 3.90. The smallest absolute Gasteiger partial charge is 0.328 e. The van der Waals surface area contributed by atoms with E-state index >= 15 is 0 Å². The minimum Gasteiger partial charge on any atom is -0.456 e. The van der Waals surface area contributed by atoms with Crippen molar-refractivity contribution in [1.29, 1.82) is 0 Å². The third-order valence-corrected chi connectivity index (χ3v) is 8.76. The first kappa shape index (κ1) is 23.0. The van der Waals surface area contributed by atoms with Gasteiger partial charge in [0.1, 0.15) is 5.76 Å². The lowest BCUT2D eigenvalue weighted by atomic mass is 10.1. The van der Waals surface area contributed by atoms with Crippen LogP contribution in [0.15, 0.2) is 51.9 Å². The number of carbonyl (C=O) groups is 2. The molecule has 9 heteroatoms. The molecule has 4 rings (SSSR count). The molecule has 2 aromatic heterocycles. The molecule has 0 unspecified atom stereocenters. The van der Waals surface area contributed by atoms with E-state index < -0.39 is 32.9 Å². The van der Waals surface area contributed by atoms with Crippen molar-refractivity contribution in [3.8, 4) is 5.82 Å². The number of ether oxygens (including phenoxy) is 1. The predicted molar refractivity (Wildman–Crippen MR) is 120 cm³/mol. The van der Waals surface area contributed by atoms with Crippen molar-refractivity contribution in [1.82, 2.24) is 9.72 Å². The number of nitrogens with zero attached hydrogens (tertiary/aromatic N) is 2. The van der Waals surface area contributed by atoms with Gasteiger partial charge in [0.2, 0.25) is 5.78 Å². The van der Waals surface area contributed by atoms with E-state index in [0.717, 1.165) is 5.69 Å². The fourth-order valence-corrected chi connectivity index (χ4v) is 6.62. The van der Waals surface area contributed by atoms with Gasteiger partial charge in [-0.1, -0.05) is 36.2 Å². The van der Waals surface area contributed by atoms with Crippen LogP contribution >= 0.6 is 0 Å². The van der Waals surface area contributed by atoms with Gasteiger partial charge in [-0.3, -0.25) is 14.2 Å². The molecule has 2 heterocycles. The Morgan fingerprint density at radius 2 is 1.76 bits per heavy atom. The zero-order valence-electron chi connectivity index (χ0n) is 18.8. The SMILES string of the molecule is Cc1cc(-n2c(C)cc(C(=O)COC(=O)C3(S(=O)(=O)c4ccccc4)CCCC3)c2C)no1. The highest BCUT2D eigenvalue weighted by molar-refractivity contribution is 7.93. The monoisotopic (exact) mass is 470 g/mol. The molecule has 0 aliphatic heterocycles. The van der Waals surface area contributed by atoms with E-state index in [9.17, 15) is 18.0 Å². The second-order valence-electron chi connectivity index (χ2n) is 8.43. The minimum atomic E-state index is -3.97. The van der Waals surface area contributed by atoms with Crippen LogP contribution in [0.5, 0.6) is 0 Å². The Kier molecular flexibility index (Phi) is 6.00. The van der Waals surface area contributed by atoms with Gasteiger partial charge in [-0.2, -0.15) is 0 Å². The van der Waals surface area contributed by atoms with Gasteiger partial charge in [-0.25, -0.2) is 8.42 Å². The summed E-state index contributed by atoms with van der Waals surface area (Å²) in [6.07, 6.45) is 1.56. The number of Topliss-reactive ketones (excluding diaryl/α,β-unsaturated/α-hetero) is 1. The number of esters is 1. The van der Waals surface area contributed by atoms with Gasteiger partial charge in [0.05, 0.1) is 4.90 Å². The van der Waals surface area contributed by atoms with Gasteiger partial charge in [0.15, 0.2) is 27.0 Å². The summed E-state index contributed by atoms with van der Waals surface area (Å²) in [6, 6.07) is 11.4. The quantitative estimate of drug-likeness (QED) is 0.380. The first-order chi connectivity index (χ1) is 15.7. The van der Waals surface area contributed by atoms with Crippen molar-refractivity contribution in [2.45, 2.75) is 56.1 Å². The molecule has 8 nitrogen and oxygen atoms in total. The van der Waals surface area contributed by atoms with E-state index in [1.54, 1.807) is 48.7 Å². The molecule has 1 aromatic carbocycles. The summed E-state index contributed by atoms with van der Waals surface area (Å²) in [5.74, 6) is -0.0792. The molecule has 1 saturated carbocycles. The van der Waals surface area contributed by atoms with Crippen LogP contribution in [-0.2, 0) is 19.4 Å². The Labute approximate surface area is 192 Å². The molecule has 1 fully saturated rings. The normalized spacial score (nSPS) is 15.5. The van der Waals surface area contributed by atoms with Crippen LogP contribution in [0.25, 0.3) is 5.82 Å².